The van der Waals surface area contributed by atoms with Gasteiger partial charge in [0, 0.05) is 31.3 Å². The predicted molar refractivity (Wildman–Crippen MR) is 76.6 cm³/mol. The molecule has 1 unspecified atom stereocenters. The summed E-state index contributed by atoms with van der Waals surface area (Å²) in [5.41, 5.74) is 0.704. The molecule has 0 radical (unpaired) electrons. The number of urea groups is 1. The zero-order valence-corrected chi connectivity index (χ0v) is 11.2. The number of aliphatic hydroxyl groups excluding tert-OH is 1. The number of amides is 2. The molecule has 5 heteroatoms. The van der Waals surface area contributed by atoms with Crippen LogP contribution in [0.3, 0.4) is 0 Å². The fourth-order valence-corrected chi connectivity index (χ4v) is 2.13. The number of terminal acetylenes is 1. The number of anilines is 1. The van der Waals surface area contributed by atoms with Crippen LogP contribution in [0.25, 0.3) is 0 Å². The molecule has 0 saturated carbocycles. The Bertz CT molecular complexity index is 493. The fourth-order valence-electron chi connectivity index (χ4n) is 2.13. The van der Waals surface area contributed by atoms with Crippen LogP contribution in [0, 0.1) is 18.3 Å². The van der Waals surface area contributed by atoms with E-state index in [0.29, 0.717) is 24.5 Å². The summed E-state index contributed by atoms with van der Waals surface area (Å²) in [6.07, 6.45) is 5.96. The van der Waals surface area contributed by atoms with Gasteiger partial charge in [0.25, 0.3) is 0 Å². The molecule has 106 valence electrons. The van der Waals surface area contributed by atoms with Gasteiger partial charge < -0.3 is 20.1 Å². The van der Waals surface area contributed by atoms with E-state index in [9.17, 15) is 4.79 Å². The first-order valence-corrected chi connectivity index (χ1v) is 6.56. The minimum atomic E-state index is -0.141. The van der Waals surface area contributed by atoms with Crippen LogP contribution in [0.15, 0.2) is 24.3 Å². The number of hydrogen-bond acceptors (Lipinski definition) is 3. The number of benzene rings is 1. The molecule has 0 aromatic heterocycles. The van der Waals surface area contributed by atoms with E-state index in [1.54, 1.807) is 29.2 Å². The number of carbonyl (C=O) groups is 1. The number of rotatable bonds is 4. The first-order valence-electron chi connectivity index (χ1n) is 6.56. The first-order chi connectivity index (χ1) is 9.72. The van der Waals surface area contributed by atoms with Gasteiger partial charge in [0.2, 0.25) is 0 Å². The first kappa shape index (κ1) is 14.2. The zero-order chi connectivity index (χ0) is 14.4. The maximum Gasteiger partial charge on any atom is 0.321 e. The van der Waals surface area contributed by atoms with E-state index in [0.717, 1.165) is 6.42 Å². The van der Waals surface area contributed by atoms with Gasteiger partial charge in [-0.05, 0) is 30.7 Å². The SMILES string of the molecule is C#CCOc1ccc(NC(=O)N2CCC(CO)C2)cc1. The number of carbonyl (C=O) groups excluding carboxylic acids is 1. The maximum atomic E-state index is 12.0. The largest absolute Gasteiger partial charge is 0.481 e. The van der Waals surface area contributed by atoms with Crippen LogP contribution in [0.2, 0.25) is 0 Å². The maximum absolute atomic E-state index is 12.0. The van der Waals surface area contributed by atoms with Gasteiger partial charge in [0.15, 0.2) is 0 Å². The lowest BCUT2D eigenvalue weighted by Crippen LogP contribution is -2.33. The van der Waals surface area contributed by atoms with E-state index in [4.69, 9.17) is 16.3 Å². The monoisotopic (exact) mass is 274 g/mol. The summed E-state index contributed by atoms with van der Waals surface area (Å²) < 4.78 is 5.26. The lowest BCUT2D eigenvalue weighted by Gasteiger charge is -2.17. The van der Waals surface area contributed by atoms with Gasteiger partial charge in [0.05, 0.1) is 0 Å². The zero-order valence-electron chi connectivity index (χ0n) is 11.2. The molecule has 1 heterocycles. The third-order valence-corrected chi connectivity index (χ3v) is 3.26. The van der Waals surface area contributed by atoms with Crippen LogP contribution in [0.1, 0.15) is 6.42 Å². The van der Waals surface area contributed by atoms with Gasteiger partial charge >= 0.3 is 6.03 Å². The highest BCUT2D eigenvalue weighted by Crippen LogP contribution is 2.19. The van der Waals surface area contributed by atoms with E-state index >= 15 is 0 Å². The molecule has 20 heavy (non-hydrogen) atoms. The Morgan fingerprint density at radius 1 is 1.50 bits per heavy atom. The van der Waals surface area contributed by atoms with Crippen molar-refractivity contribution in [3.8, 4) is 18.1 Å². The molecule has 1 saturated heterocycles. The molecule has 0 bridgehead atoms. The summed E-state index contributed by atoms with van der Waals surface area (Å²) in [4.78, 5) is 13.7. The Morgan fingerprint density at radius 2 is 2.25 bits per heavy atom. The predicted octanol–water partition coefficient (Wildman–Crippen LogP) is 1.54. The quantitative estimate of drug-likeness (QED) is 0.819. The van der Waals surface area contributed by atoms with Gasteiger partial charge in [-0.15, -0.1) is 6.42 Å². The normalized spacial score (nSPS) is 17.6. The van der Waals surface area contributed by atoms with Crippen LogP contribution < -0.4 is 10.1 Å². The van der Waals surface area contributed by atoms with E-state index < -0.39 is 0 Å². The van der Waals surface area contributed by atoms with Crippen molar-refractivity contribution in [2.24, 2.45) is 5.92 Å². The van der Waals surface area contributed by atoms with Gasteiger partial charge in [-0.25, -0.2) is 4.79 Å². The van der Waals surface area contributed by atoms with Gasteiger partial charge in [0.1, 0.15) is 12.4 Å². The average Bonchev–Trinajstić information content (AvgIpc) is 2.95. The molecule has 0 spiro atoms. The van der Waals surface area contributed by atoms with Crippen molar-refractivity contribution in [1.82, 2.24) is 4.90 Å². The Balaban J connectivity index is 1.87. The number of aliphatic hydroxyl groups is 1. The number of ether oxygens (including phenoxy) is 1. The molecule has 1 aromatic carbocycles. The summed E-state index contributed by atoms with van der Waals surface area (Å²) in [5.74, 6) is 3.25. The van der Waals surface area contributed by atoms with Gasteiger partial charge in [-0.2, -0.15) is 0 Å². The summed E-state index contributed by atoms with van der Waals surface area (Å²) in [6.45, 7) is 1.64. The van der Waals surface area contributed by atoms with Crippen molar-refractivity contribution in [2.45, 2.75) is 6.42 Å². The number of nitrogens with one attached hydrogen (secondary N) is 1. The number of hydrogen-bond donors (Lipinski definition) is 2. The number of nitrogens with zero attached hydrogens (tertiary/aromatic N) is 1. The molecule has 1 atom stereocenters. The van der Waals surface area contributed by atoms with Crippen molar-refractivity contribution in [2.75, 3.05) is 31.6 Å². The van der Waals surface area contributed by atoms with Gasteiger partial charge in [-0.3, -0.25) is 0 Å². The Kier molecular flexibility index (Phi) is 4.85. The second-order valence-corrected chi connectivity index (χ2v) is 4.73. The van der Waals surface area contributed by atoms with E-state index in [1.165, 1.54) is 0 Å². The van der Waals surface area contributed by atoms with Crippen LogP contribution in [-0.2, 0) is 0 Å². The van der Waals surface area contributed by atoms with Crippen molar-refractivity contribution in [3.63, 3.8) is 0 Å². The van der Waals surface area contributed by atoms with Crippen molar-refractivity contribution >= 4 is 11.7 Å². The summed E-state index contributed by atoms with van der Waals surface area (Å²) in [6, 6.07) is 6.91. The standard InChI is InChI=1S/C15H18N2O3/c1-2-9-20-14-5-3-13(4-6-14)16-15(19)17-8-7-12(10-17)11-18/h1,3-6,12,18H,7-11H2,(H,16,19). The van der Waals surface area contributed by atoms with Crippen molar-refractivity contribution < 1.29 is 14.6 Å². The number of likely N-dealkylation sites (tertiary alicyclic amines) is 1. The molecule has 5 nitrogen and oxygen atoms in total. The molecule has 1 aromatic rings. The minimum Gasteiger partial charge on any atom is -0.481 e. The highest BCUT2D eigenvalue weighted by atomic mass is 16.5. The second-order valence-electron chi connectivity index (χ2n) is 4.73. The summed E-state index contributed by atoms with van der Waals surface area (Å²) >= 11 is 0. The molecule has 1 aliphatic rings. The Morgan fingerprint density at radius 3 is 2.85 bits per heavy atom. The molecule has 0 aliphatic carbocycles. The summed E-state index contributed by atoms with van der Waals surface area (Å²) in [5, 5.41) is 11.9. The highest BCUT2D eigenvalue weighted by Gasteiger charge is 2.25. The molecule has 2 rings (SSSR count). The molecular formula is C15H18N2O3. The molecular weight excluding hydrogens is 256 g/mol. The van der Waals surface area contributed by atoms with Gasteiger partial charge in [-0.1, -0.05) is 5.92 Å². The molecule has 2 amide bonds. The fraction of sp³-hybridized carbons (Fsp3) is 0.400. The van der Waals surface area contributed by atoms with E-state index in [1.807, 2.05) is 0 Å². The van der Waals surface area contributed by atoms with Crippen LogP contribution in [0.4, 0.5) is 10.5 Å². The topological polar surface area (TPSA) is 61.8 Å². The van der Waals surface area contributed by atoms with Crippen LogP contribution in [-0.4, -0.2) is 42.3 Å². The Labute approximate surface area is 118 Å². The molecule has 1 aliphatic heterocycles. The minimum absolute atomic E-state index is 0.130. The molecule has 2 N–H and O–H groups in total. The smallest absolute Gasteiger partial charge is 0.321 e. The third-order valence-electron chi connectivity index (χ3n) is 3.26. The van der Waals surface area contributed by atoms with Crippen LogP contribution in [0.5, 0.6) is 5.75 Å². The highest BCUT2D eigenvalue weighted by molar-refractivity contribution is 5.89. The summed E-state index contributed by atoms with van der Waals surface area (Å²) in [7, 11) is 0. The van der Waals surface area contributed by atoms with E-state index in [-0.39, 0.29) is 25.2 Å². The lowest BCUT2D eigenvalue weighted by atomic mass is 10.1. The second kappa shape index (κ2) is 6.83. The van der Waals surface area contributed by atoms with Crippen molar-refractivity contribution in [3.05, 3.63) is 24.3 Å². The molecule has 1 fully saturated rings. The van der Waals surface area contributed by atoms with Crippen molar-refractivity contribution in [1.29, 1.82) is 0 Å². The Hall–Kier alpha value is -2.19. The average molecular weight is 274 g/mol. The van der Waals surface area contributed by atoms with Crippen LogP contribution >= 0.6 is 0 Å². The third kappa shape index (κ3) is 3.65. The lowest BCUT2D eigenvalue weighted by molar-refractivity contribution is 0.209. The van der Waals surface area contributed by atoms with E-state index in [2.05, 4.69) is 11.2 Å².